The number of para-hydroxylation sites is 2. The molecule has 1 amide bonds. The summed E-state index contributed by atoms with van der Waals surface area (Å²) >= 11 is 1.20. The Bertz CT molecular complexity index is 1470. The minimum atomic E-state index is -0.567. The zero-order chi connectivity index (χ0) is 23.5. The highest BCUT2D eigenvalue weighted by Gasteiger charge is 2.21. The molecule has 1 N–H and O–H groups in total. The van der Waals surface area contributed by atoms with Crippen LogP contribution in [0.2, 0.25) is 0 Å². The van der Waals surface area contributed by atoms with Crippen LogP contribution in [0.5, 0.6) is 0 Å². The molecule has 1 aromatic heterocycles. The molecule has 1 heterocycles. The third-order valence-corrected chi connectivity index (χ3v) is 6.50. The van der Waals surface area contributed by atoms with Crippen molar-refractivity contribution in [2.45, 2.75) is 31.2 Å². The summed E-state index contributed by atoms with van der Waals surface area (Å²) in [6.07, 6.45) is 0. The van der Waals surface area contributed by atoms with E-state index in [1.807, 2.05) is 44.2 Å². The van der Waals surface area contributed by atoms with E-state index in [9.17, 15) is 14.9 Å². The van der Waals surface area contributed by atoms with Crippen molar-refractivity contribution in [3.05, 3.63) is 93.8 Å². The van der Waals surface area contributed by atoms with Crippen molar-refractivity contribution in [1.82, 2.24) is 9.55 Å². The SMILES string of the molecule is Cc1ccc(-n2c(SC(C)C(=O)Nc3ccccc3C#N)nc3ccccc3c2=O)cc1C. The van der Waals surface area contributed by atoms with E-state index in [-0.39, 0.29) is 11.5 Å². The van der Waals surface area contributed by atoms with Crippen LogP contribution in [0.1, 0.15) is 23.6 Å². The van der Waals surface area contributed by atoms with E-state index in [1.54, 1.807) is 47.9 Å². The number of nitrogens with one attached hydrogen (secondary N) is 1. The van der Waals surface area contributed by atoms with E-state index in [2.05, 4.69) is 11.4 Å². The van der Waals surface area contributed by atoms with Crippen LogP contribution in [-0.4, -0.2) is 20.7 Å². The highest BCUT2D eigenvalue weighted by atomic mass is 32.2. The van der Waals surface area contributed by atoms with Crippen molar-refractivity contribution in [2.24, 2.45) is 0 Å². The van der Waals surface area contributed by atoms with Crippen LogP contribution in [0.15, 0.2) is 76.7 Å². The van der Waals surface area contributed by atoms with Crippen LogP contribution in [0, 0.1) is 25.2 Å². The molecule has 4 aromatic rings. The predicted octanol–water partition coefficient (Wildman–Crippen LogP) is 4.99. The Morgan fingerprint density at radius 3 is 2.55 bits per heavy atom. The van der Waals surface area contributed by atoms with Crippen LogP contribution in [0.25, 0.3) is 16.6 Å². The summed E-state index contributed by atoms with van der Waals surface area (Å²) in [5.74, 6) is -0.281. The maximum Gasteiger partial charge on any atom is 0.266 e. The standard InChI is InChI=1S/C26H22N4O2S/c1-16-12-13-20(14-17(16)2)30-25(32)21-9-5-7-11-23(21)29-26(30)33-18(3)24(31)28-22-10-6-4-8-19(22)15-27/h4-14,18H,1-3H3,(H,28,31). The summed E-state index contributed by atoms with van der Waals surface area (Å²) in [5.41, 5.74) is 4.11. The lowest BCUT2D eigenvalue weighted by Gasteiger charge is -2.17. The lowest BCUT2D eigenvalue weighted by atomic mass is 10.1. The fourth-order valence-electron chi connectivity index (χ4n) is 3.42. The highest BCUT2D eigenvalue weighted by Crippen LogP contribution is 2.27. The van der Waals surface area contributed by atoms with Crippen molar-refractivity contribution in [1.29, 1.82) is 5.26 Å². The molecule has 0 aliphatic rings. The van der Waals surface area contributed by atoms with Gasteiger partial charge in [0.15, 0.2) is 5.16 Å². The van der Waals surface area contributed by atoms with Gasteiger partial charge in [0.2, 0.25) is 5.91 Å². The second-order valence-electron chi connectivity index (χ2n) is 7.73. The van der Waals surface area contributed by atoms with Gasteiger partial charge < -0.3 is 5.32 Å². The van der Waals surface area contributed by atoms with E-state index >= 15 is 0 Å². The molecule has 1 unspecified atom stereocenters. The Morgan fingerprint density at radius 2 is 1.79 bits per heavy atom. The van der Waals surface area contributed by atoms with Gasteiger partial charge in [-0.05, 0) is 68.3 Å². The molecule has 1 atom stereocenters. The largest absolute Gasteiger partial charge is 0.324 e. The molecule has 0 aliphatic heterocycles. The number of nitrogens with zero attached hydrogens (tertiary/aromatic N) is 3. The first kappa shape index (κ1) is 22.3. The number of fused-ring (bicyclic) bond motifs is 1. The van der Waals surface area contributed by atoms with E-state index in [0.29, 0.717) is 33.0 Å². The Morgan fingerprint density at radius 1 is 1.06 bits per heavy atom. The number of hydrogen-bond donors (Lipinski definition) is 1. The van der Waals surface area contributed by atoms with Gasteiger partial charge in [-0.2, -0.15) is 5.26 Å². The average molecular weight is 455 g/mol. The molecule has 0 saturated carbocycles. The van der Waals surface area contributed by atoms with Crippen molar-refractivity contribution >= 4 is 34.3 Å². The van der Waals surface area contributed by atoms with Crippen LogP contribution in [-0.2, 0) is 4.79 Å². The van der Waals surface area contributed by atoms with E-state index in [1.165, 1.54) is 11.8 Å². The lowest BCUT2D eigenvalue weighted by Crippen LogP contribution is -2.26. The molecular weight excluding hydrogens is 432 g/mol. The van der Waals surface area contributed by atoms with Gasteiger partial charge in [0.05, 0.1) is 33.1 Å². The molecule has 0 bridgehead atoms. The number of carbonyl (C=O) groups is 1. The molecule has 6 nitrogen and oxygen atoms in total. The van der Waals surface area contributed by atoms with E-state index in [4.69, 9.17) is 4.98 Å². The molecule has 0 radical (unpaired) electrons. The number of aryl methyl sites for hydroxylation is 2. The van der Waals surface area contributed by atoms with Crippen molar-refractivity contribution < 1.29 is 4.79 Å². The number of carbonyl (C=O) groups excluding carboxylic acids is 1. The first-order valence-corrected chi connectivity index (χ1v) is 11.3. The fraction of sp³-hybridized carbons (Fsp3) is 0.154. The smallest absolute Gasteiger partial charge is 0.266 e. The zero-order valence-corrected chi connectivity index (χ0v) is 19.3. The number of nitriles is 1. The van der Waals surface area contributed by atoms with Gasteiger partial charge in [0.25, 0.3) is 5.56 Å². The molecule has 164 valence electrons. The van der Waals surface area contributed by atoms with Crippen molar-refractivity contribution in [2.75, 3.05) is 5.32 Å². The molecular formula is C26H22N4O2S. The zero-order valence-electron chi connectivity index (χ0n) is 18.5. The maximum absolute atomic E-state index is 13.4. The lowest BCUT2D eigenvalue weighted by molar-refractivity contribution is -0.115. The number of anilines is 1. The third-order valence-electron chi connectivity index (χ3n) is 5.45. The van der Waals surface area contributed by atoms with Crippen LogP contribution in [0.3, 0.4) is 0 Å². The summed E-state index contributed by atoms with van der Waals surface area (Å²) in [5, 5.41) is 12.5. The number of aromatic nitrogens is 2. The van der Waals surface area contributed by atoms with E-state index in [0.717, 1.165) is 11.1 Å². The fourth-order valence-corrected chi connectivity index (χ4v) is 4.35. The Hall–Kier alpha value is -3.89. The topological polar surface area (TPSA) is 87.8 Å². The second-order valence-corrected chi connectivity index (χ2v) is 9.04. The minimum absolute atomic E-state index is 0.186. The number of hydrogen-bond acceptors (Lipinski definition) is 5. The van der Waals surface area contributed by atoms with Crippen LogP contribution in [0.4, 0.5) is 5.69 Å². The maximum atomic E-state index is 13.4. The number of thioether (sulfide) groups is 1. The number of amides is 1. The van der Waals surface area contributed by atoms with Crippen LogP contribution >= 0.6 is 11.8 Å². The van der Waals surface area contributed by atoms with Gasteiger partial charge in [-0.15, -0.1) is 0 Å². The number of benzene rings is 3. The second kappa shape index (κ2) is 9.31. The highest BCUT2D eigenvalue weighted by molar-refractivity contribution is 8.00. The van der Waals surface area contributed by atoms with Gasteiger partial charge in [0, 0.05) is 0 Å². The summed E-state index contributed by atoms with van der Waals surface area (Å²) in [6.45, 7) is 5.76. The molecule has 3 aromatic carbocycles. The van der Waals surface area contributed by atoms with Gasteiger partial charge in [-0.3, -0.25) is 14.2 Å². The minimum Gasteiger partial charge on any atom is -0.324 e. The molecule has 33 heavy (non-hydrogen) atoms. The number of rotatable bonds is 5. The molecule has 0 fully saturated rings. The first-order valence-electron chi connectivity index (χ1n) is 10.4. The van der Waals surface area contributed by atoms with Crippen molar-refractivity contribution in [3.63, 3.8) is 0 Å². The van der Waals surface area contributed by atoms with Crippen molar-refractivity contribution in [3.8, 4) is 11.8 Å². The Labute approximate surface area is 195 Å². The molecule has 0 spiro atoms. The van der Waals surface area contributed by atoms with Crippen LogP contribution < -0.4 is 10.9 Å². The molecule has 7 heteroatoms. The first-order chi connectivity index (χ1) is 15.9. The van der Waals surface area contributed by atoms with E-state index < -0.39 is 5.25 Å². The summed E-state index contributed by atoms with van der Waals surface area (Å²) in [6, 6.07) is 21.9. The molecule has 4 rings (SSSR count). The molecule has 0 saturated heterocycles. The molecule has 0 aliphatic carbocycles. The monoisotopic (exact) mass is 454 g/mol. The summed E-state index contributed by atoms with van der Waals surface area (Å²) in [7, 11) is 0. The third kappa shape index (κ3) is 4.52. The average Bonchev–Trinajstić information content (AvgIpc) is 2.81. The summed E-state index contributed by atoms with van der Waals surface area (Å²) < 4.78 is 1.56. The van der Waals surface area contributed by atoms with Gasteiger partial charge in [-0.25, -0.2) is 4.98 Å². The normalized spacial score (nSPS) is 11.7. The van der Waals surface area contributed by atoms with Gasteiger partial charge in [0.1, 0.15) is 6.07 Å². The van der Waals surface area contributed by atoms with Gasteiger partial charge >= 0.3 is 0 Å². The quantitative estimate of drug-likeness (QED) is 0.339. The van der Waals surface area contributed by atoms with Gasteiger partial charge in [-0.1, -0.05) is 42.1 Å². The predicted molar refractivity (Wildman–Crippen MR) is 132 cm³/mol. The Kier molecular flexibility index (Phi) is 6.29. The Balaban J connectivity index is 1.75. The summed E-state index contributed by atoms with van der Waals surface area (Å²) in [4.78, 5) is 31.1.